The topological polar surface area (TPSA) is 44.8 Å². The Bertz CT molecular complexity index is 1130. The van der Waals surface area contributed by atoms with E-state index < -0.39 is 0 Å². The number of piperazine rings is 1. The van der Waals surface area contributed by atoms with Gasteiger partial charge in [0.1, 0.15) is 24.0 Å². The van der Waals surface area contributed by atoms with E-state index in [0.717, 1.165) is 43.9 Å². The van der Waals surface area contributed by atoms with Gasteiger partial charge in [0, 0.05) is 50.9 Å². The van der Waals surface area contributed by atoms with Gasteiger partial charge in [-0.3, -0.25) is 9.69 Å². The number of ether oxygens (including phenoxy) is 1. The molecule has 3 aromatic rings. The maximum atomic E-state index is 14.8. The van der Waals surface area contributed by atoms with Crippen molar-refractivity contribution in [2.45, 2.75) is 13.0 Å². The molecule has 35 heavy (non-hydrogen) atoms. The highest BCUT2D eigenvalue weighted by Gasteiger charge is 2.14. The molecule has 0 radical (unpaired) electrons. The summed E-state index contributed by atoms with van der Waals surface area (Å²) in [5, 5.41) is 2.79. The van der Waals surface area contributed by atoms with Crippen molar-refractivity contribution in [2.75, 3.05) is 46.4 Å². The fourth-order valence-corrected chi connectivity index (χ4v) is 4.08. The molecular weight excluding hydrogens is 448 g/mol. The van der Waals surface area contributed by atoms with Gasteiger partial charge in [-0.25, -0.2) is 8.78 Å². The standard InChI is InChI=1S/C28H31F2N3O2/c1-32-11-13-33(14-12-32)15-16-35-25-9-10-26(27(30)19-25)23-7-5-21(6-8-23)18-28(34)31-20-22-3-2-4-24(29)17-22/h2-10,17,19H,11-16,18,20H2,1H3,(H,31,34). The van der Waals surface area contributed by atoms with E-state index in [4.69, 9.17) is 4.74 Å². The minimum absolute atomic E-state index is 0.161. The Hall–Kier alpha value is -3.29. The molecule has 0 bridgehead atoms. The molecule has 1 amide bonds. The summed E-state index contributed by atoms with van der Waals surface area (Å²) in [4.78, 5) is 16.9. The highest BCUT2D eigenvalue weighted by atomic mass is 19.1. The van der Waals surface area contributed by atoms with Crippen molar-refractivity contribution in [3.8, 4) is 16.9 Å². The van der Waals surface area contributed by atoms with Crippen LogP contribution in [0.4, 0.5) is 8.78 Å². The number of nitrogens with one attached hydrogen (secondary N) is 1. The second kappa shape index (κ2) is 11.9. The number of carbonyl (C=O) groups excluding carboxylic acids is 1. The number of amides is 1. The zero-order chi connectivity index (χ0) is 24.6. The van der Waals surface area contributed by atoms with Crippen molar-refractivity contribution in [3.05, 3.63) is 89.5 Å². The minimum atomic E-state index is -0.345. The lowest BCUT2D eigenvalue weighted by Crippen LogP contribution is -2.45. The molecule has 184 valence electrons. The SMILES string of the molecule is CN1CCN(CCOc2ccc(-c3ccc(CC(=O)NCc4cccc(F)c4)cc3)c(F)c2)CC1. The van der Waals surface area contributed by atoms with Gasteiger partial charge >= 0.3 is 0 Å². The molecule has 1 aliphatic rings. The van der Waals surface area contributed by atoms with Crippen molar-refractivity contribution in [3.63, 3.8) is 0 Å². The van der Waals surface area contributed by atoms with Crippen LogP contribution in [0, 0.1) is 11.6 Å². The van der Waals surface area contributed by atoms with Gasteiger partial charge in [0.05, 0.1) is 6.42 Å². The van der Waals surface area contributed by atoms with Gasteiger partial charge in [0.15, 0.2) is 0 Å². The fourth-order valence-electron chi connectivity index (χ4n) is 4.08. The summed E-state index contributed by atoms with van der Waals surface area (Å²) in [6, 6.07) is 18.3. The number of benzene rings is 3. The Balaban J connectivity index is 1.26. The minimum Gasteiger partial charge on any atom is -0.492 e. The second-order valence-corrected chi connectivity index (χ2v) is 8.92. The van der Waals surface area contributed by atoms with E-state index in [1.807, 2.05) is 24.3 Å². The summed E-state index contributed by atoms with van der Waals surface area (Å²) in [7, 11) is 2.12. The molecule has 1 heterocycles. The van der Waals surface area contributed by atoms with Crippen LogP contribution in [0.1, 0.15) is 11.1 Å². The number of nitrogens with zero attached hydrogens (tertiary/aromatic N) is 2. The molecule has 5 nitrogen and oxygen atoms in total. The van der Waals surface area contributed by atoms with E-state index in [2.05, 4.69) is 22.2 Å². The van der Waals surface area contributed by atoms with Crippen LogP contribution in [0.15, 0.2) is 66.7 Å². The molecule has 1 saturated heterocycles. The molecule has 0 spiro atoms. The first kappa shape index (κ1) is 24.8. The average molecular weight is 480 g/mol. The normalized spacial score (nSPS) is 14.6. The summed E-state index contributed by atoms with van der Waals surface area (Å²) < 4.78 is 33.8. The summed E-state index contributed by atoms with van der Waals surface area (Å²) >= 11 is 0. The molecule has 4 rings (SSSR count). The van der Waals surface area contributed by atoms with Crippen molar-refractivity contribution < 1.29 is 18.3 Å². The molecular formula is C28H31F2N3O2. The van der Waals surface area contributed by atoms with Gasteiger partial charge in [-0.1, -0.05) is 36.4 Å². The van der Waals surface area contributed by atoms with Crippen LogP contribution in [0.2, 0.25) is 0 Å². The highest BCUT2D eigenvalue weighted by molar-refractivity contribution is 5.79. The quantitative estimate of drug-likeness (QED) is 0.502. The van der Waals surface area contributed by atoms with Gasteiger partial charge in [-0.15, -0.1) is 0 Å². The predicted octanol–water partition coefficient (Wildman–Crippen LogP) is 4.12. The third kappa shape index (κ3) is 7.34. The zero-order valence-electron chi connectivity index (χ0n) is 20.0. The number of carbonyl (C=O) groups is 1. The van der Waals surface area contributed by atoms with Gasteiger partial charge in [0.2, 0.25) is 5.91 Å². The summed E-state index contributed by atoms with van der Waals surface area (Å²) in [5.41, 5.74) is 2.74. The van der Waals surface area contributed by atoms with Crippen molar-refractivity contribution >= 4 is 5.91 Å². The maximum absolute atomic E-state index is 14.8. The number of hydrogen-bond acceptors (Lipinski definition) is 4. The molecule has 0 saturated carbocycles. The molecule has 3 aromatic carbocycles. The maximum Gasteiger partial charge on any atom is 0.224 e. The van der Waals surface area contributed by atoms with E-state index in [9.17, 15) is 13.6 Å². The number of likely N-dealkylation sites (N-methyl/N-ethyl adjacent to an activating group) is 1. The van der Waals surface area contributed by atoms with Gasteiger partial charge in [0.25, 0.3) is 0 Å². The lowest BCUT2D eigenvalue weighted by atomic mass is 10.0. The summed E-state index contributed by atoms with van der Waals surface area (Å²) in [6.45, 7) is 5.79. The summed E-state index contributed by atoms with van der Waals surface area (Å²) in [5.74, 6) is -0.314. The van der Waals surface area contributed by atoms with Gasteiger partial charge in [-0.05, 0) is 48.0 Å². The monoisotopic (exact) mass is 479 g/mol. The first-order chi connectivity index (χ1) is 17.0. The van der Waals surface area contributed by atoms with E-state index in [1.165, 1.54) is 18.2 Å². The third-order valence-electron chi connectivity index (χ3n) is 6.22. The van der Waals surface area contributed by atoms with E-state index in [1.54, 1.807) is 24.3 Å². The third-order valence-corrected chi connectivity index (χ3v) is 6.22. The molecule has 1 N–H and O–H groups in total. The van der Waals surface area contributed by atoms with Gasteiger partial charge in [-0.2, -0.15) is 0 Å². The Morgan fingerprint density at radius 2 is 1.71 bits per heavy atom. The van der Waals surface area contributed by atoms with Gasteiger partial charge < -0.3 is 15.0 Å². The molecule has 7 heteroatoms. The Morgan fingerprint density at radius 3 is 2.43 bits per heavy atom. The first-order valence-corrected chi connectivity index (χ1v) is 11.9. The van der Waals surface area contributed by atoms with Crippen molar-refractivity contribution in [1.82, 2.24) is 15.1 Å². The van der Waals surface area contributed by atoms with E-state index in [-0.39, 0.29) is 30.5 Å². The van der Waals surface area contributed by atoms with Crippen molar-refractivity contribution in [2.24, 2.45) is 0 Å². The smallest absolute Gasteiger partial charge is 0.224 e. The Labute approximate surface area is 205 Å². The highest BCUT2D eigenvalue weighted by Crippen LogP contribution is 2.26. The first-order valence-electron chi connectivity index (χ1n) is 11.9. The molecule has 0 aromatic heterocycles. The lowest BCUT2D eigenvalue weighted by molar-refractivity contribution is -0.120. The van der Waals surface area contributed by atoms with Crippen LogP contribution in [0.5, 0.6) is 5.75 Å². The Kier molecular flexibility index (Phi) is 8.45. The molecule has 0 aliphatic carbocycles. The van der Waals surface area contributed by atoms with Crippen LogP contribution in [-0.4, -0.2) is 62.1 Å². The fraction of sp³-hybridized carbons (Fsp3) is 0.321. The van der Waals surface area contributed by atoms with E-state index >= 15 is 0 Å². The van der Waals surface area contributed by atoms with Crippen LogP contribution in [0.3, 0.4) is 0 Å². The van der Waals surface area contributed by atoms with E-state index in [0.29, 0.717) is 23.5 Å². The van der Waals surface area contributed by atoms with Crippen LogP contribution in [-0.2, 0) is 17.8 Å². The lowest BCUT2D eigenvalue weighted by Gasteiger charge is -2.32. The van der Waals surface area contributed by atoms with Crippen LogP contribution in [0.25, 0.3) is 11.1 Å². The molecule has 1 aliphatic heterocycles. The summed E-state index contributed by atoms with van der Waals surface area (Å²) in [6.07, 6.45) is 0.193. The molecule has 1 fully saturated rings. The number of rotatable bonds is 9. The van der Waals surface area contributed by atoms with Crippen LogP contribution < -0.4 is 10.1 Å². The largest absolute Gasteiger partial charge is 0.492 e. The molecule has 0 atom stereocenters. The zero-order valence-corrected chi connectivity index (χ0v) is 20.0. The van der Waals surface area contributed by atoms with Crippen molar-refractivity contribution in [1.29, 1.82) is 0 Å². The second-order valence-electron chi connectivity index (χ2n) is 8.92. The molecule has 0 unspecified atom stereocenters. The number of hydrogen-bond donors (Lipinski definition) is 1. The predicted molar refractivity (Wildman–Crippen MR) is 133 cm³/mol. The van der Waals surface area contributed by atoms with Crippen LogP contribution >= 0.6 is 0 Å². The number of halogens is 2. The average Bonchev–Trinajstić information content (AvgIpc) is 2.85. The Morgan fingerprint density at radius 1 is 0.943 bits per heavy atom.